The van der Waals surface area contributed by atoms with Crippen LogP contribution in [0.25, 0.3) is 0 Å². The molecule has 3 nitrogen and oxygen atoms in total. The fourth-order valence-corrected chi connectivity index (χ4v) is 2.06. The van der Waals surface area contributed by atoms with E-state index in [9.17, 15) is 0 Å². The van der Waals surface area contributed by atoms with Gasteiger partial charge in [0.1, 0.15) is 0 Å². The van der Waals surface area contributed by atoms with Crippen LogP contribution in [0, 0.1) is 10.5 Å². The number of nitrogens with zero attached hydrogens (tertiary/aromatic N) is 1. The van der Waals surface area contributed by atoms with Gasteiger partial charge in [-0.2, -0.15) is 0 Å². The van der Waals surface area contributed by atoms with E-state index in [-0.39, 0.29) is 0 Å². The molecule has 0 aromatic heterocycles. The number of hydrogen-bond acceptors (Lipinski definition) is 1. The minimum atomic E-state index is 0.397. The summed E-state index contributed by atoms with van der Waals surface area (Å²) in [6.07, 6.45) is 0. The second kappa shape index (κ2) is 5.86. The van der Waals surface area contributed by atoms with Gasteiger partial charge in [-0.15, -0.1) is 0 Å². The summed E-state index contributed by atoms with van der Waals surface area (Å²) < 4.78 is 1.07. The Hall–Kier alpha value is -1.56. The monoisotopic (exact) mass is 351 g/mol. The van der Waals surface area contributed by atoms with Crippen LogP contribution in [0.15, 0.2) is 53.5 Å². The molecule has 0 aliphatic carbocycles. The van der Waals surface area contributed by atoms with Gasteiger partial charge in [-0.1, -0.05) is 30.3 Å². The molecule has 0 radical (unpaired) electrons. The Morgan fingerprint density at radius 2 is 1.78 bits per heavy atom. The Labute approximate surface area is 120 Å². The van der Waals surface area contributed by atoms with Gasteiger partial charge in [0.05, 0.1) is 5.69 Å². The average Bonchev–Trinajstić information content (AvgIpc) is 2.35. The maximum atomic E-state index is 5.91. The number of hydrogen-bond donors (Lipinski definition) is 2. The van der Waals surface area contributed by atoms with E-state index in [1.165, 1.54) is 0 Å². The molecule has 18 heavy (non-hydrogen) atoms. The summed E-state index contributed by atoms with van der Waals surface area (Å²) >= 11 is 2.24. The van der Waals surface area contributed by atoms with Gasteiger partial charge in [-0.3, -0.25) is 0 Å². The van der Waals surface area contributed by atoms with Gasteiger partial charge in [0.25, 0.3) is 0 Å². The first-order valence-corrected chi connectivity index (χ1v) is 6.66. The Kier molecular flexibility index (Phi) is 4.19. The van der Waals surface area contributed by atoms with E-state index in [0.717, 1.165) is 20.5 Å². The first-order chi connectivity index (χ1) is 8.66. The number of halogens is 1. The zero-order valence-electron chi connectivity index (χ0n) is 10.0. The Morgan fingerprint density at radius 3 is 2.50 bits per heavy atom. The Balaban J connectivity index is 2.20. The fourth-order valence-electron chi connectivity index (χ4n) is 1.55. The highest BCUT2D eigenvalue weighted by Crippen LogP contribution is 2.20. The molecular formula is C14H14IN3. The zero-order valence-corrected chi connectivity index (χ0v) is 12.2. The maximum absolute atomic E-state index is 5.91. The predicted octanol–water partition coefficient (Wildman–Crippen LogP) is 3.66. The van der Waals surface area contributed by atoms with Crippen molar-refractivity contribution < 1.29 is 0 Å². The van der Waals surface area contributed by atoms with Crippen LogP contribution in [0.1, 0.15) is 5.56 Å². The molecule has 2 aromatic carbocycles. The number of benzene rings is 2. The third-order valence-corrected chi connectivity index (χ3v) is 3.41. The van der Waals surface area contributed by atoms with Gasteiger partial charge in [0, 0.05) is 9.26 Å². The second-order valence-electron chi connectivity index (χ2n) is 3.89. The van der Waals surface area contributed by atoms with Gasteiger partial charge in [0.15, 0.2) is 5.96 Å². The van der Waals surface area contributed by atoms with Crippen molar-refractivity contribution in [3.05, 3.63) is 57.7 Å². The van der Waals surface area contributed by atoms with Crippen molar-refractivity contribution in [3.8, 4) is 0 Å². The Morgan fingerprint density at radius 1 is 1.11 bits per heavy atom. The van der Waals surface area contributed by atoms with E-state index in [4.69, 9.17) is 5.73 Å². The molecule has 2 aromatic rings. The molecule has 0 amide bonds. The van der Waals surface area contributed by atoms with Crippen molar-refractivity contribution in [2.45, 2.75) is 6.92 Å². The highest BCUT2D eigenvalue weighted by molar-refractivity contribution is 14.1. The number of para-hydroxylation sites is 2. The average molecular weight is 351 g/mol. The van der Waals surface area contributed by atoms with Crippen LogP contribution in [0.3, 0.4) is 0 Å². The highest BCUT2D eigenvalue weighted by Gasteiger charge is 2.00. The van der Waals surface area contributed by atoms with Crippen molar-refractivity contribution in [3.63, 3.8) is 0 Å². The van der Waals surface area contributed by atoms with Crippen molar-refractivity contribution in [1.82, 2.24) is 0 Å². The molecule has 0 saturated heterocycles. The molecule has 4 heteroatoms. The van der Waals surface area contributed by atoms with E-state index in [1.54, 1.807) is 0 Å². The van der Waals surface area contributed by atoms with Crippen molar-refractivity contribution in [1.29, 1.82) is 0 Å². The lowest BCUT2D eigenvalue weighted by atomic mass is 10.2. The topological polar surface area (TPSA) is 50.4 Å². The first-order valence-electron chi connectivity index (χ1n) is 5.58. The molecule has 2 rings (SSSR count). The molecule has 0 unspecified atom stereocenters. The summed E-state index contributed by atoms with van der Waals surface area (Å²) in [6.45, 7) is 2.03. The first kappa shape index (κ1) is 12.9. The van der Waals surface area contributed by atoms with Crippen LogP contribution in [-0.4, -0.2) is 5.96 Å². The predicted molar refractivity (Wildman–Crippen MR) is 85.2 cm³/mol. The lowest BCUT2D eigenvalue weighted by Crippen LogP contribution is -2.22. The van der Waals surface area contributed by atoms with Crippen molar-refractivity contribution in [2.75, 3.05) is 5.32 Å². The van der Waals surface area contributed by atoms with Crippen molar-refractivity contribution in [2.24, 2.45) is 10.7 Å². The summed E-state index contributed by atoms with van der Waals surface area (Å²) in [5, 5.41) is 3.11. The number of aryl methyl sites for hydroxylation is 1. The van der Waals surface area contributed by atoms with E-state index in [1.807, 2.05) is 55.5 Å². The lowest BCUT2D eigenvalue weighted by molar-refractivity contribution is 1.39. The molecular weight excluding hydrogens is 337 g/mol. The van der Waals surface area contributed by atoms with Crippen LogP contribution >= 0.6 is 22.6 Å². The zero-order chi connectivity index (χ0) is 13.0. The SMILES string of the molecule is Cc1ccccc1NC(N)=Nc1ccccc1I. The quantitative estimate of drug-likeness (QED) is 0.493. The van der Waals surface area contributed by atoms with Crippen molar-refractivity contribution >= 4 is 39.9 Å². The smallest absolute Gasteiger partial charge is 0.198 e. The van der Waals surface area contributed by atoms with Crippen LogP contribution in [0.5, 0.6) is 0 Å². The summed E-state index contributed by atoms with van der Waals surface area (Å²) in [5.41, 5.74) is 8.90. The number of aliphatic imine (C=N–C) groups is 1. The van der Waals surface area contributed by atoms with Gasteiger partial charge < -0.3 is 11.1 Å². The number of nitrogens with two attached hydrogens (primary N) is 1. The van der Waals surface area contributed by atoms with Crippen LogP contribution in [-0.2, 0) is 0 Å². The molecule has 3 N–H and O–H groups in total. The lowest BCUT2D eigenvalue weighted by Gasteiger charge is -2.08. The third kappa shape index (κ3) is 3.22. The number of guanidine groups is 1. The van der Waals surface area contributed by atoms with Crippen LogP contribution in [0.2, 0.25) is 0 Å². The second-order valence-corrected chi connectivity index (χ2v) is 5.05. The van der Waals surface area contributed by atoms with E-state index < -0.39 is 0 Å². The summed E-state index contributed by atoms with van der Waals surface area (Å²) in [6, 6.07) is 15.8. The van der Waals surface area contributed by atoms with Crippen LogP contribution < -0.4 is 11.1 Å². The third-order valence-electron chi connectivity index (χ3n) is 2.50. The fraction of sp³-hybridized carbons (Fsp3) is 0.0714. The van der Waals surface area contributed by atoms with Gasteiger partial charge in [-0.05, 0) is 53.3 Å². The molecule has 0 aliphatic heterocycles. The Bertz CT molecular complexity index is 579. The largest absolute Gasteiger partial charge is 0.369 e. The number of rotatable bonds is 2. The van der Waals surface area contributed by atoms with Gasteiger partial charge in [-0.25, -0.2) is 4.99 Å². The normalized spacial score (nSPS) is 11.3. The molecule has 0 atom stereocenters. The summed E-state index contributed by atoms with van der Waals surface area (Å²) in [7, 11) is 0. The summed E-state index contributed by atoms with van der Waals surface area (Å²) in [4.78, 5) is 4.37. The van der Waals surface area contributed by atoms with Gasteiger partial charge >= 0.3 is 0 Å². The van der Waals surface area contributed by atoms with E-state index in [2.05, 4.69) is 32.9 Å². The number of nitrogens with one attached hydrogen (secondary N) is 1. The molecule has 0 aliphatic rings. The molecule has 0 spiro atoms. The molecule has 0 saturated carbocycles. The van der Waals surface area contributed by atoms with E-state index in [0.29, 0.717) is 5.96 Å². The highest BCUT2D eigenvalue weighted by atomic mass is 127. The standard InChI is InChI=1S/C14H14IN3/c1-10-6-2-4-8-12(10)17-14(16)18-13-9-5-3-7-11(13)15/h2-9H,1H3,(H3,16,17,18). The molecule has 0 fully saturated rings. The van der Waals surface area contributed by atoms with Gasteiger partial charge in [0.2, 0.25) is 0 Å². The minimum Gasteiger partial charge on any atom is -0.369 e. The maximum Gasteiger partial charge on any atom is 0.198 e. The molecule has 0 heterocycles. The summed E-state index contributed by atoms with van der Waals surface area (Å²) in [5.74, 6) is 0.397. The number of anilines is 1. The molecule has 92 valence electrons. The minimum absolute atomic E-state index is 0.397. The van der Waals surface area contributed by atoms with E-state index >= 15 is 0 Å². The molecule has 0 bridgehead atoms. The van der Waals surface area contributed by atoms with Crippen LogP contribution in [0.4, 0.5) is 11.4 Å².